The number of benzene rings is 2. The summed E-state index contributed by atoms with van der Waals surface area (Å²) in [6.07, 6.45) is 18.3. The molecule has 1 saturated heterocycles. The van der Waals surface area contributed by atoms with Gasteiger partial charge in [0.2, 0.25) is 0 Å². The Morgan fingerprint density at radius 1 is 0.847 bits per heavy atom. The van der Waals surface area contributed by atoms with Crippen molar-refractivity contribution >= 4 is 63.0 Å². The first kappa shape index (κ1) is 54.8. The molecule has 9 nitrogen and oxygen atoms in total. The third kappa shape index (κ3) is 22.5. The number of nitrogens with one attached hydrogen (secondary N) is 1. The zero-order chi connectivity index (χ0) is 44.5. The fourth-order valence-corrected chi connectivity index (χ4v) is 9.84. The molecule has 5 atom stereocenters. The summed E-state index contributed by atoms with van der Waals surface area (Å²) < 4.78 is 21.1. The molecule has 1 aliphatic rings. The third-order valence-electron chi connectivity index (χ3n) is 10.5. The standard InChI is InChI=1S/C35H52N2O3S2.C6H12O4S.C5H12S/c1-6-7-8-9-12-25(2)21-28-16-17-29(24-42-5)37(28)23-27-15-18-31(32(22-27)30-14-11-10-13-26(30)3)34(38)36-33(35(39)40)19-20-41-4;1-5(6(7)8)3-4-11(2,9)10;1-5(2)4-6-3/h10-11,13-15,18,22,25,28-29,33H,6-9,12,16-17,19-21,23-24H2,1-5H3,(H,36,38)(H,39,40);5H,3-4H2,1-2H3,(H,7,8);5H,4H2,1-3H3/t25?,28?,29-,33?;;/m1../s1. The fourth-order valence-electron chi connectivity index (χ4n) is 7.17. The number of carbonyl (C=O) groups excluding carboxylic acids is 1. The number of carbonyl (C=O) groups is 3. The Labute approximate surface area is 370 Å². The summed E-state index contributed by atoms with van der Waals surface area (Å²) in [4.78, 5) is 38.4. The molecule has 0 aromatic heterocycles. The average molecular weight is 897 g/mol. The molecule has 1 heterocycles. The zero-order valence-corrected chi connectivity index (χ0v) is 40.9. The molecule has 0 aliphatic carbocycles. The molecule has 0 spiro atoms. The van der Waals surface area contributed by atoms with Crippen LogP contribution in [0.1, 0.15) is 120 Å². The van der Waals surface area contributed by atoms with Gasteiger partial charge >= 0.3 is 11.9 Å². The molecule has 0 radical (unpaired) electrons. The average Bonchev–Trinajstić information content (AvgIpc) is 3.53. The number of hydrogen-bond acceptors (Lipinski definition) is 9. The van der Waals surface area contributed by atoms with Crippen molar-refractivity contribution in [2.24, 2.45) is 17.8 Å². The van der Waals surface area contributed by atoms with Crippen LogP contribution in [0.3, 0.4) is 0 Å². The van der Waals surface area contributed by atoms with Crippen LogP contribution in [0.2, 0.25) is 0 Å². The van der Waals surface area contributed by atoms with E-state index < -0.39 is 33.7 Å². The lowest BCUT2D eigenvalue weighted by molar-refractivity contribution is -0.141. The van der Waals surface area contributed by atoms with Gasteiger partial charge in [-0.25, -0.2) is 13.2 Å². The number of thioether (sulfide) groups is 3. The summed E-state index contributed by atoms with van der Waals surface area (Å²) in [7, 11) is -3.02. The maximum atomic E-state index is 13.5. The molecule has 59 heavy (non-hydrogen) atoms. The second kappa shape index (κ2) is 30.0. The molecular weight excluding hydrogens is 821 g/mol. The van der Waals surface area contributed by atoms with Gasteiger partial charge in [0.25, 0.3) is 5.91 Å². The first-order valence-corrected chi connectivity index (χ1v) is 27.5. The number of rotatable bonds is 24. The molecule has 13 heteroatoms. The molecule has 2 aromatic rings. The SMILES string of the molecule is CC(CCS(C)(=O)=O)C(=O)O.CCCCCCC(C)CC1CC[C@H](CSC)N1Cc1ccc(C(=O)NC(CCSC)C(=O)O)c(-c2ccccc2C)c1.CSCC(C)C. The van der Waals surface area contributed by atoms with Crippen LogP contribution in [0.4, 0.5) is 0 Å². The molecule has 3 rings (SSSR count). The number of aryl methyl sites for hydroxylation is 1. The summed E-state index contributed by atoms with van der Waals surface area (Å²) in [5.74, 6) is 1.78. The van der Waals surface area contributed by atoms with Gasteiger partial charge in [-0.05, 0) is 116 Å². The van der Waals surface area contributed by atoms with Crippen molar-refractivity contribution in [3.05, 3.63) is 59.2 Å². The van der Waals surface area contributed by atoms with Gasteiger partial charge in [0, 0.05) is 36.2 Å². The second-order valence-corrected chi connectivity index (χ2v) is 21.6. The summed E-state index contributed by atoms with van der Waals surface area (Å²) in [5.41, 5.74) is 4.72. The molecule has 2 aromatic carbocycles. The first-order valence-electron chi connectivity index (χ1n) is 21.2. The monoisotopic (exact) mass is 896 g/mol. The molecule has 0 bridgehead atoms. The van der Waals surface area contributed by atoms with Crippen LogP contribution in [0.25, 0.3) is 11.1 Å². The van der Waals surface area contributed by atoms with Crippen molar-refractivity contribution in [2.45, 2.75) is 130 Å². The number of hydrogen-bond donors (Lipinski definition) is 3. The van der Waals surface area contributed by atoms with Crippen molar-refractivity contribution in [2.75, 3.05) is 48.0 Å². The summed E-state index contributed by atoms with van der Waals surface area (Å²) >= 11 is 5.42. The van der Waals surface area contributed by atoms with E-state index in [1.165, 1.54) is 69.6 Å². The van der Waals surface area contributed by atoms with E-state index in [0.717, 1.165) is 47.1 Å². The third-order valence-corrected chi connectivity index (χ3v) is 13.9. The summed E-state index contributed by atoms with van der Waals surface area (Å²) in [5, 5.41) is 20.9. The van der Waals surface area contributed by atoms with Gasteiger partial charge in [-0.1, -0.05) is 97.1 Å². The molecule has 0 saturated carbocycles. The Morgan fingerprint density at radius 3 is 2.07 bits per heavy atom. The summed E-state index contributed by atoms with van der Waals surface area (Å²) in [6.45, 7) is 13.6. The van der Waals surface area contributed by atoms with E-state index in [4.69, 9.17) is 5.11 Å². The Hall–Kier alpha value is -2.19. The number of carboxylic acids is 2. The normalized spacial score (nSPS) is 16.9. The molecule has 1 aliphatic heterocycles. The molecule has 3 N–H and O–H groups in total. The number of sulfone groups is 1. The van der Waals surface area contributed by atoms with Crippen molar-refractivity contribution in [1.82, 2.24) is 10.2 Å². The van der Waals surface area contributed by atoms with E-state index in [-0.39, 0.29) is 18.1 Å². The lowest BCUT2D eigenvalue weighted by atomic mass is 9.92. The Kier molecular flexibility index (Phi) is 27.8. The van der Waals surface area contributed by atoms with Crippen LogP contribution in [-0.2, 0) is 26.0 Å². The predicted octanol–water partition coefficient (Wildman–Crippen LogP) is 10.4. The minimum Gasteiger partial charge on any atom is -0.481 e. The largest absolute Gasteiger partial charge is 0.481 e. The van der Waals surface area contributed by atoms with Crippen molar-refractivity contribution in [1.29, 1.82) is 0 Å². The van der Waals surface area contributed by atoms with Crippen molar-refractivity contribution < 1.29 is 33.0 Å². The maximum absolute atomic E-state index is 13.5. The van der Waals surface area contributed by atoms with Gasteiger partial charge in [0.15, 0.2) is 0 Å². The van der Waals surface area contributed by atoms with Crippen LogP contribution < -0.4 is 5.32 Å². The van der Waals surface area contributed by atoms with Crippen LogP contribution in [0.5, 0.6) is 0 Å². The highest BCUT2D eigenvalue weighted by molar-refractivity contribution is 7.99. The fraction of sp³-hybridized carbons (Fsp3) is 0.674. The molecule has 1 fully saturated rings. The lowest BCUT2D eigenvalue weighted by Crippen LogP contribution is -2.41. The summed E-state index contributed by atoms with van der Waals surface area (Å²) in [6, 6.07) is 14.5. The maximum Gasteiger partial charge on any atom is 0.326 e. The van der Waals surface area contributed by atoms with E-state index in [1.54, 1.807) is 11.8 Å². The van der Waals surface area contributed by atoms with Gasteiger partial charge in [0.1, 0.15) is 15.9 Å². The Balaban J connectivity index is 0.000000853. The van der Waals surface area contributed by atoms with E-state index in [2.05, 4.69) is 81.6 Å². The van der Waals surface area contributed by atoms with E-state index in [9.17, 15) is 27.9 Å². The van der Waals surface area contributed by atoms with Gasteiger partial charge in [-0.2, -0.15) is 35.3 Å². The highest BCUT2D eigenvalue weighted by Crippen LogP contribution is 2.35. The van der Waals surface area contributed by atoms with Gasteiger partial charge < -0.3 is 15.5 Å². The predicted molar refractivity (Wildman–Crippen MR) is 256 cm³/mol. The topological polar surface area (TPSA) is 141 Å². The zero-order valence-electron chi connectivity index (χ0n) is 37.6. The Morgan fingerprint density at radius 2 is 1.53 bits per heavy atom. The van der Waals surface area contributed by atoms with Crippen LogP contribution in [0, 0.1) is 24.7 Å². The van der Waals surface area contributed by atoms with Crippen molar-refractivity contribution in [3.8, 4) is 11.1 Å². The lowest BCUT2D eigenvalue weighted by Gasteiger charge is -2.32. The molecule has 1 amide bonds. The number of aliphatic carboxylic acids is 2. The minimum absolute atomic E-state index is 0.0551. The number of nitrogens with zero attached hydrogens (tertiary/aromatic N) is 1. The number of unbranched alkanes of at least 4 members (excludes halogenated alkanes) is 3. The number of amides is 1. The van der Waals surface area contributed by atoms with Crippen LogP contribution in [-0.4, -0.2) is 108 Å². The minimum atomic E-state index is -3.02. The van der Waals surface area contributed by atoms with Gasteiger partial charge in [-0.15, -0.1) is 0 Å². The smallest absolute Gasteiger partial charge is 0.326 e. The van der Waals surface area contributed by atoms with E-state index >= 15 is 0 Å². The first-order chi connectivity index (χ1) is 27.9. The van der Waals surface area contributed by atoms with Crippen LogP contribution >= 0.6 is 35.3 Å². The quantitative estimate of drug-likeness (QED) is 0.0867. The van der Waals surface area contributed by atoms with E-state index in [1.807, 2.05) is 48.0 Å². The highest BCUT2D eigenvalue weighted by atomic mass is 32.2. The van der Waals surface area contributed by atoms with E-state index in [0.29, 0.717) is 29.8 Å². The molecule has 4 unspecified atom stereocenters. The van der Waals surface area contributed by atoms with Gasteiger partial charge in [0.05, 0.1) is 11.7 Å². The van der Waals surface area contributed by atoms with Gasteiger partial charge in [-0.3, -0.25) is 14.5 Å². The Bertz CT molecular complexity index is 1640. The molecule has 336 valence electrons. The second-order valence-electron chi connectivity index (χ2n) is 16.6. The highest BCUT2D eigenvalue weighted by Gasteiger charge is 2.34. The van der Waals surface area contributed by atoms with Crippen molar-refractivity contribution in [3.63, 3.8) is 0 Å². The number of likely N-dealkylation sites (tertiary alicyclic amines) is 1. The molecular formula is C46H76N2O7S4. The number of carboxylic acid groups (broad SMARTS) is 2. The van der Waals surface area contributed by atoms with Crippen LogP contribution in [0.15, 0.2) is 42.5 Å².